The summed E-state index contributed by atoms with van der Waals surface area (Å²) in [7, 11) is 0. The maximum atomic E-state index is 9.14. The first-order valence-corrected chi connectivity index (χ1v) is 5.82. The van der Waals surface area contributed by atoms with E-state index in [9.17, 15) is 0 Å². The van der Waals surface area contributed by atoms with Crippen molar-refractivity contribution in [2.75, 3.05) is 6.61 Å². The molecule has 0 unspecified atom stereocenters. The van der Waals surface area contributed by atoms with Crippen LogP contribution in [-0.4, -0.2) is 11.7 Å². The molecule has 0 bridgehead atoms. The minimum absolute atomic E-state index is 0.174. The van der Waals surface area contributed by atoms with E-state index in [-0.39, 0.29) is 6.61 Å². The fourth-order valence-corrected chi connectivity index (χ4v) is 1.82. The van der Waals surface area contributed by atoms with Crippen molar-refractivity contribution in [3.05, 3.63) is 71.8 Å². The summed E-state index contributed by atoms with van der Waals surface area (Å²) in [5, 5.41) is 9.14. The summed E-state index contributed by atoms with van der Waals surface area (Å²) >= 11 is 0. The second-order valence-corrected chi connectivity index (χ2v) is 3.92. The molecule has 1 N–H and O–H groups in total. The first-order chi connectivity index (χ1) is 8.40. The quantitative estimate of drug-likeness (QED) is 0.786. The lowest BCUT2D eigenvalue weighted by Crippen LogP contribution is -1.89. The van der Waals surface area contributed by atoms with Gasteiger partial charge in [-0.05, 0) is 23.1 Å². The molecule has 2 rings (SSSR count). The Balaban J connectivity index is 2.33. The van der Waals surface area contributed by atoms with Gasteiger partial charge >= 0.3 is 0 Å². The molecule has 2 aromatic carbocycles. The zero-order chi connectivity index (χ0) is 11.9. The number of benzene rings is 2. The molecule has 86 valence electrons. The Labute approximate surface area is 102 Å². The molecule has 0 amide bonds. The summed E-state index contributed by atoms with van der Waals surface area (Å²) in [6.07, 6.45) is 2.81. The van der Waals surface area contributed by atoms with Crippen molar-refractivity contribution in [1.29, 1.82) is 0 Å². The SMILES string of the molecule is OCC/C(=C\c1ccccc1)c1ccccc1. The van der Waals surface area contributed by atoms with Gasteiger partial charge < -0.3 is 5.11 Å². The third-order valence-electron chi connectivity index (χ3n) is 2.67. The van der Waals surface area contributed by atoms with Gasteiger partial charge in [-0.15, -0.1) is 0 Å². The van der Waals surface area contributed by atoms with E-state index in [1.165, 1.54) is 16.7 Å². The van der Waals surface area contributed by atoms with E-state index in [0.717, 1.165) is 0 Å². The molecule has 0 saturated carbocycles. The lowest BCUT2D eigenvalue weighted by molar-refractivity contribution is 0.305. The normalized spacial score (nSPS) is 11.5. The van der Waals surface area contributed by atoms with E-state index in [2.05, 4.69) is 30.3 Å². The van der Waals surface area contributed by atoms with Crippen LogP contribution >= 0.6 is 0 Å². The molecule has 0 aromatic heterocycles. The predicted octanol–water partition coefficient (Wildman–Crippen LogP) is 3.61. The van der Waals surface area contributed by atoms with Crippen molar-refractivity contribution in [2.24, 2.45) is 0 Å². The van der Waals surface area contributed by atoms with E-state index in [1.54, 1.807) is 0 Å². The third kappa shape index (κ3) is 3.30. The Morgan fingerprint density at radius 1 is 0.882 bits per heavy atom. The van der Waals surface area contributed by atoms with Crippen LogP contribution in [0.15, 0.2) is 60.7 Å². The van der Waals surface area contributed by atoms with Crippen LogP contribution in [0, 0.1) is 0 Å². The zero-order valence-electron chi connectivity index (χ0n) is 9.71. The van der Waals surface area contributed by atoms with E-state index >= 15 is 0 Å². The first-order valence-electron chi connectivity index (χ1n) is 5.82. The minimum Gasteiger partial charge on any atom is -0.396 e. The summed E-state index contributed by atoms with van der Waals surface area (Å²) in [5.41, 5.74) is 3.50. The molecule has 0 fully saturated rings. The Bertz CT molecular complexity index is 471. The molecule has 0 heterocycles. The highest BCUT2D eigenvalue weighted by Crippen LogP contribution is 2.20. The van der Waals surface area contributed by atoms with E-state index in [4.69, 9.17) is 5.11 Å². The molecule has 0 aliphatic rings. The molecular weight excluding hydrogens is 208 g/mol. The predicted molar refractivity (Wildman–Crippen MR) is 72.5 cm³/mol. The standard InChI is InChI=1S/C16H16O/c17-12-11-16(15-9-5-2-6-10-15)13-14-7-3-1-4-8-14/h1-10,13,17H,11-12H2/b16-13+. The number of hydrogen-bond donors (Lipinski definition) is 1. The van der Waals surface area contributed by atoms with Crippen molar-refractivity contribution < 1.29 is 5.11 Å². The highest BCUT2D eigenvalue weighted by molar-refractivity contribution is 5.81. The summed E-state index contributed by atoms with van der Waals surface area (Å²) in [5.74, 6) is 0. The second kappa shape index (κ2) is 6.02. The van der Waals surface area contributed by atoms with Crippen LogP contribution in [0.25, 0.3) is 11.6 Å². The number of rotatable bonds is 4. The first kappa shape index (κ1) is 11.6. The lowest BCUT2D eigenvalue weighted by atomic mass is 10.0. The average Bonchev–Trinajstić information content (AvgIpc) is 2.40. The maximum absolute atomic E-state index is 9.14. The summed E-state index contributed by atoms with van der Waals surface area (Å²) in [4.78, 5) is 0. The molecule has 0 radical (unpaired) electrons. The van der Waals surface area contributed by atoms with Crippen LogP contribution in [0.5, 0.6) is 0 Å². The van der Waals surface area contributed by atoms with Crippen molar-refractivity contribution in [3.8, 4) is 0 Å². The van der Waals surface area contributed by atoms with Gasteiger partial charge in [-0.3, -0.25) is 0 Å². The molecule has 17 heavy (non-hydrogen) atoms. The zero-order valence-corrected chi connectivity index (χ0v) is 9.71. The summed E-state index contributed by atoms with van der Waals surface area (Å²) in [6.45, 7) is 0.174. The molecule has 0 saturated heterocycles. The van der Waals surface area contributed by atoms with Gasteiger partial charge in [0.2, 0.25) is 0 Å². The van der Waals surface area contributed by atoms with Gasteiger partial charge in [-0.25, -0.2) is 0 Å². The number of aliphatic hydroxyl groups excluding tert-OH is 1. The van der Waals surface area contributed by atoms with Crippen LogP contribution in [0.2, 0.25) is 0 Å². The van der Waals surface area contributed by atoms with Gasteiger partial charge in [0, 0.05) is 6.61 Å². The van der Waals surface area contributed by atoms with Crippen molar-refractivity contribution >= 4 is 11.6 Å². The average molecular weight is 224 g/mol. The van der Waals surface area contributed by atoms with E-state index in [0.29, 0.717) is 6.42 Å². The van der Waals surface area contributed by atoms with Gasteiger partial charge in [-0.1, -0.05) is 66.7 Å². The largest absolute Gasteiger partial charge is 0.396 e. The minimum atomic E-state index is 0.174. The molecule has 2 aromatic rings. The van der Waals surface area contributed by atoms with Crippen LogP contribution in [-0.2, 0) is 0 Å². The summed E-state index contributed by atoms with van der Waals surface area (Å²) < 4.78 is 0. The van der Waals surface area contributed by atoms with Crippen molar-refractivity contribution in [2.45, 2.75) is 6.42 Å². The van der Waals surface area contributed by atoms with Gasteiger partial charge in [0.05, 0.1) is 0 Å². The molecule has 0 spiro atoms. The maximum Gasteiger partial charge on any atom is 0.0471 e. The van der Waals surface area contributed by atoms with Crippen molar-refractivity contribution in [1.82, 2.24) is 0 Å². The fraction of sp³-hybridized carbons (Fsp3) is 0.125. The van der Waals surface area contributed by atoms with E-state index in [1.807, 2.05) is 36.4 Å². The fourth-order valence-electron chi connectivity index (χ4n) is 1.82. The highest BCUT2D eigenvalue weighted by atomic mass is 16.2. The van der Waals surface area contributed by atoms with Gasteiger partial charge in [0.25, 0.3) is 0 Å². The van der Waals surface area contributed by atoms with Crippen molar-refractivity contribution in [3.63, 3.8) is 0 Å². The van der Waals surface area contributed by atoms with Gasteiger partial charge in [0.15, 0.2) is 0 Å². The second-order valence-electron chi connectivity index (χ2n) is 3.92. The Morgan fingerprint density at radius 2 is 1.47 bits per heavy atom. The monoisotopic (exact) mass is 224 g/mol. The lowest BCUT2D eigenvalue weighted by Gasteiger charge is -2.06. The number of aliphatic hydroxyl groups is 1. The smallest absolute Gasteiger partial charge is 0.0471 e. The van der Waals surface area contributed by atoms with Crippen LogP contribution in [0.4, 0.5) is 0 Å². The molecule has 1 heteroatoms. The van der Waals surface area contributed by atoms with Crippen LogP contribution in [0.1, 0.15) is 17.5 Å². The van der Waals surface area contributed by atoms with Gasteiger partial charge in [-0.2, -0.15) is 0 Å². The van der Waals surface area contributed by atoms with E-state index < -0.39 is 0 Å². The Morgan fingerprint density at radius 3 is 2.06 bits per heavy atom. The molecule has 1 nitrogen and oxygen atoms in total. The number of hydrogen-bond acceptors (Lipinski definition) is 1. The Kier molecular flexibility index (Phi) is 4.11. The van der Waals surface area contributed by atoms with Gasteiger partial charge in [0.1, 0.15) is 0 Å². The topological polar surface area (TPSA) is 20.2 Å². The molecule has 0 atom stereocenters. The third-order valence-corrected chi connectivity index (χ3v) is 2.67. The highest BCUT2D eigenvalue weighted by Gasteiger charge is 2.00. The molecular formula is C16H16O. The molecule has 0 aliphatic heterocycles. The van der Waals surface area contributed by atoms with Crippen LogP contribution < -0.4 is 0 Å². The summed E-state index contributed by atoms with van der Waals surface area (Å²) in [6, 6.07) is 20.4. The Hall–Kier alpha value is -1.86. The van der Waals surface area contributed by atoms with Crippen LogP contribution in [0.3, 0.4) is 0 Å². The molecule has 0 aliphatic carbocycles.